The van der Waals surface area contributed by atoms with Gasteiger partial charge in [-0.25, -0.2) is 0 Å². The summed E-state index contributed by atoms with van der Waals surface area (Å²) < 4.78 is 1.24. The average Bonchev–Trinajstić information content (AvgIpc) is 2.73. The average molecular weight is 220 g/mol. The highest BCUT2D eigenvalue weighted by Gasteiger charge is 2.10. The fourth-order valence-electron chi connectivity index (χ4n) is 1.83. The lowest BCUT2D eigenvalue weighted by molar-refractivity contribution is 0.166. The summed E-state index contributed by atoms with van der Waals surface area (Å²) in [6, 6.07) is 8.27. The first-order valence-electron chi connectivity index (χ1n) is 5.47. The van der Waals surface area contributed by atoms with Crippen molar-refractivity contribution in [2.45, 2.75) is 32.3 Å². The largest absolute Gasteiger partial charge is 0.388 e. The van der Waals surface area contributed by atoms with Crippen LogP contribution >= 0.6 is 11.3 Å². The van der Waals surface area contributed by atoms with Crippen LogP contribution in [-0.4, -0.2) is 5.11 Å². The maximum absolute atomic E-state index is 10.1. The smallest absolute Gasteiger partial charge is 0.0803 e. The number of benzene rings is 1. The molecule has 0 saturated heterocycles. The molecule has 80 valence electrons. The van der Waals surface area contributed by atoms with Crippen molar-refractivity contribution in [3.8, 4) is 0 Å². The van der Waals surface area contributed by atoms with Crippen LogP contribution in [-0.2, 0) is 0 Å². The van der Waals surface area contributed by atoms with Gasteiger partial charge in [-0.05, 0) is 28.8 Å². The second kappa shape index (κ2) is 4.77. The molecule has 0 saturated carbocycles. The summed E-state index contributed by atoms with van der Waals surface area (Å²) in [4.78, 5) is 0. The SMILES string of the molecule is CCCCC(O)c1cccc2ccsc12. The van der Waals surface area contributed by atoms with Crippen molar-refractivity contribution >= 4 is 21.4 Å². The van der Waals surface area contributed by atoms with Gasteiger partial charge in [0.05, 0.1) is 6.10 Å². The van der Waals surface area contributed by atoms with E-state index >= 15 is 0 Å². The summed E-state index contributed by atoms with van der Waals surface area (Å²) in [5, 5.41) is 13.4. The van der Waals surface area contributed by atoms with Crippen molar-refractivity contribution < 1.29 is 5.11 Å². The summed E-state index contributed by atoms with van der Waals surface area (Å²) in [7, 11) is 0. The van der Waals surface area contributed by atoms with E-state index in [-0.39, 0.29) is 6.10 Å². The van der Waals surface area contributed by atoms with Gasteiger partial charge in [0.25, 0.3) is 0 Å². The van der Waals surface area contributed by atoms with Gasteiger partial charge in [0, 0.05) is 4.70 Å². The van der Waals surface area contributed by atoms with Crippen LogP contribution in [0.1, 0.15) is 37.9 Å². The molecule has 1 aromatic carbocycles. The number of aliphatic hydroxyl groups excluding tert-OH is 1. The zero-order valence-corrected chi connectivity index (χ0v) is 9.76. The molecule has 0 radical (unpaired) electrons. The highest BCUT2D eigenvalue weighted by Crippen LogP contribution is 2.30. The van der Waals surface area contributed by atoms with Crippen molar-refractivity contribution in [2.24, 2.45) is 0 Å². The zero-order valence-electron chi connectivity index (χ0n) is 8.94. The first-order chi connectivity index (χ1) is 7.33. The van der Waals surface area contributed by atoms with E-state index < -0.39 is 0 Å². The Kier molecular flexibility index (Phi) is 3.39. The van der Waals surface area contributed by atoms with Crippen LogP contribution < -0.4 is 0 Å². The zero-order chi connectivity index (χ0) is 10.7. The van der Waals surface area contributed by atoms with Crippen molar-refractivity contribution in [1.29, 1.82) is 0 Å². The third kappa shape index (κ3) is 2.21. The van der Waals surface area contributed by atoms with Crippen LogP contribution in [0.3, 0.4) is 0 Å². The number of rotatable bonds is 4. The van der Waals surface area contributed by atoms with E-state index in [9.17, 15) is 5.11 Å². The Hall–Kier alpha value is -0.860. The summed E-state index contributed by atoms with van der Waals surface area (Å²) in [6.07, 6.45) is 2.79. The first-order valence-corrected chi connectivity index (χ1v) is 6.35. The fraction of sp³-hybridized carbons (Fsp3) is 0.385. The topological polar surface area (TPSA) is 20.2 Å². The number of thiophene rings is 1. The predicted octanol–water partition coefficient (Wildman–Crippen LogP) is 4.12. The van der Waals surface area contributed by atoms with Gasteiger partial charge < -0.3 is 5.11 Å². The molecule has 15 heavy (non-hydrogen) atoms. The van der Waals surface area contributed by atoms with Gasteiger partial charge >= 0.3 is 0 Å². The van der Waals surface area contributed by atoms with Gasteiger partial charge in [-0.1, -0.05) is 38.0 Å². The maximum Gasteiger partial charge on any atom is 0.0803 e. The molecule has 1 atom stereocenters. The highest BCUT2D eigenvalue weighted by atomic mass is 32.1. The van der Waals surface area contributed by atoms with Gasteiger partial charge in [0.2, 0.25) is 0 Å². The second-order valence-electron chi connectivity index (χ2n) is 3.84. The van der Waals surface area contributed by atoms with E-state index in [0.717, 1.165) is 24.8 Å². The van der Waals surface area contributed by atoms with Crippen LogP contribution in [0.15, 0.2) is 29.6 Å². The molecule has 2 heteroatoms. The van der Waals surface area contributed by atoms with Crippen LogP contribution in [0.4, 0.5) is 0 Å². The molecule has 1 aromatic heterocycles. The number of hydrogen-bond acceptors (Lipinski definition) is 2. The molecule has 1 unspecified atom stereocenters. The van der Waals surface area contributed by atoms with E-state index in [4.69, 9.17) is 0 Å². The van der Waals surface area contributed by atoms with Crippen molar-refractivity contribution in [1.82, 2.24) is 0 Å². The first kappa shape index (κ1) is 10.7. The lowest BCUT2D eigenvalue weighted by Gasteiger charge is -2.11. The quantitative estimate of drug-likeness (QED) is 0.821. The van der Waals surface area contributed by atoms with Gasteiger partial charge in [0.15, 0.2) is 0 Å². The molecular formula is C13H16OS. The van der Waals surface area contributed by atoms with E-state index in [0.29, 0.717) is 0 Å². The summed E-state index contributed by atoms with van der Waals surface area (Å²) >= 11 is 1.72. The monoisotopic (exact) mass is 220 g/mol. The molecule has 1 heterocycles. The van der Waals surface area contributed by atoms with Crippen molar-refractivity contribution in [3.05, 3.63) is 35.2 Å². The third-order valence-corrected chi connectivity index (χ3v) is 3.68. The molecule has 2 rings (SSSR count). The molecule has 0 aliphatic heterocycles. The number of aliphatic hydroxyl groups is 1. The summed E-state index contributed by atoms with van der Waals surface area (Å²) in [5.41, 5.74) is 1.09. The van der Waals surface area contributed by atoms with E-state index in [1.54, 1.807) is 11.3 Å². The third-order valence-electron chi connectivity index (χ3n) is 2.70. The Morgan fingerprint density at radius 2 is 2.20 bits per heavy atom. The molecule has 1 N–H and O–H groups in total. The second-order valence-corrected chi connectivity index (χ2v) is 4.76. The van der Waals surface area contributed by atoms with Crippen LogP contribution in [0.25, 0.3) is 10.1 Å². The van der Waals surface area contributed by atoms with Gasteiger partial charge in [-0.15, -0.1) is 11.3 Å². The Balaban J connectivity index is 2.29. The molecule has 0 fully saturated rings. The minimum atomic E-state index is -0.299. The van der Waals surface area contributed by atoms with Gasteiger partial charge in [0.1, 0.15) is 0 Å². The molecule has 0 aliphatic rings. The predicted molar refractivity (Wildman–Crippen MR) is 66.3 cm³/mol. The van der Waals surface area contributed by atoms with Crippen molar-refractivity contribution in [2.75, 3.05) is 0 Å². The standard InChI is InChI=1S/C13H16OS/c1-2-3-7-12(14)11-6-4-5-10-8-9-15-13(10)11/h4-6,8-9,12,14H,2-3,7H2,1H3. The van der Waals surface area contributed by atoms with E-state index in [1.165, 1.54) is 10.1 Å². The van der Waals surface area contributed by atoms with Crippen LogP contribution in [0.2, 0.25) is 0 Å². The lowest BCUT2D eigenvalue weighted by Crippen LogP contribution is -1.96. The minimum Gasteiger partial charge on any atom is -0.388 e. The van der Waals surface area contributed by atoms with Gasteiger partial charge in [-0.3, -0.25) is 0 Å². The molecule has 1 nitrogen and oxygen atoms in total. The summed E-state index contributed by atoms with van der Waals surface area (Å²) in [6.45, 7) is 2.15. The summed E-state index contributed by atoms with van der Waals surface area (Å²) in [5.74, 6) is 0. The fourth-order valence-corrected chi connectivity index (χ4v) is 2.79. The Labute approximate surface area is 94.4 Å². The number of fused-ring (bicyclic) bond motifs is 1. The van der Waals surface area contributed by atoms with Crippen molar-refractivity contribution in [3.63, 3.8) is 0 Å². The molecule has 0 spiro atoms. The molecule has 0 aliphatic carbocycles. The number of hydrogen-bond donors (Lipinski definition) is 1. The molecule has 2 aromatic rings. The molecule has 0 bridgehead atoms. The van der Waals surface area contributed by atoms with Gasteiger partial charge in [-0.2, -0.15) is 0 Å². The Morgan fingerprint density at radius 1 is 1.33 bits per heavy atom. The van der Waals surface area contributed by atoms with Crippen LogP contribution in [0, 0.1) is 0 Å². The lowest BCUT2D eigenvalue weighted by atomic mass is 10.0. The molecule has 0 amide bonds. The van der Waals surface area contributed by atoms with E-state index in [2.05, 4.69) is 24.4 Å². The highest BCUT2D eigenvalue weighted by molar-refractivity contribution is 7.17. The van der Waals surface area contributed by atoms with E-state index in [1.807, 2.05) is 12.1 Å². The molecular weight excluding hydrogens is 204 g/mol. The minimum absolute atomic E-state index is 0.299. The van der Waals surface area contributed by atoms with Crippen LogP contribution in [0.5, 0.6) is 0 Å². The maximum atomic E-state index is 10.1. The Bertz CT molecular complexity index is 433. The number of unbranched alkanes of at least 4 members (excludes halogenated alkanes) is 1. The Morgan fingerprint density at radius 3 is 3.00 bits per heavy atom. The normalized spacial score (nSPS) is 13.2.